The Kier molecular flexibility index (Phi) is 12.5. The molecule has 1 fully saturated rings. The van der Waals surface area contributed by atoms with Crippen molar-refractivity contribution in [2.45, 2.75) is 65.3 Å². The van der Waals surface area contributed by atoms with Gasteiger partial charge in [-0.1, -0.05) is 26.7 Å². The third kappa shape index (κ3) is 9.08. The molecule has 0 aromatic rings. The summed E-state index contributed by atoms with van der Waals surface area (Å²) in [6.07, 6.45) is 6.78. The Morgan fingerprint density at radius 2 is 1.92 bits per heavy atom. The van der Waals surface area contributed by atoms with Crippen LogP contribution in [-0.4, -0.2) is 50.0 Å². The second kappa shape index (κ2) is 12.8. The zero-order chi connectivity index (χ0) is 17.2. The Morgan fingerprint density at radius 3 is 2.46 bits per heavy atom. The summed E-state index contributed by atoms with van der Waals surface area (Å²) in [5.41, 5.74) is 0. The van der Waals surface area contributed by atoms with Gasteiger partial charge in [-0.2, -0.15) is 0 Å². The van der Waals surface area contributed by atoms with Crippen LogP contribution in [0.2, 0.25) is 0 Å². The van der Waals surface area contributed by atoms with E-state index in [9.17, 15) is 4.79 Å². The molecule has 24 heavy (non-hydrogen) atoms. The van der Waals surface area contributed by atoms with Gasteiger partial charge in [-0.25, -0.2) is 0 Å². The van der Waals surface area contributed by atoms with Crippen LogP contribution < -0.4 is 10.6 Å². The molecule has 1 amide bonds. The molecule has 1 unspecified atom stereocenters. The average Bonchev–Trinajstić information content (AvgIpc) is 2.53. The van der Waals surface area contributed by atoms with E-state index in [0.29, 0.717) is 13.0 Å². The molecule has 2 N–H and O–H groups in total. The predicted octanol–water partition coefficient (Wildman–Crippen LogP) is 3.24. The molecular weight excluding hydrogens is 415 g/mol. The summed E-state index contributed by atoms with van der Waals surface area (Å²) in [5, 5.41) is 6.29. The first-order valence-corrected chi connectivity index (χ1v) is 9.17. The van der Waals surface area contributed by atoms with E-state index in [0.717, 1.165) is 30.8 Å². The third-order valence-electron chi connectivity index (χ3n) is 4.90. The van der Waals surface area contributed by atoms with Crippen LogP contribution in [-0.2, 0) is 4.79 Å². The monoisotopic (exact) mass is 452 g/mol. The van der Waals surface area contributed by atoms with Gasteiger partial charge in [-0.3, -0.25) is 9.79 Å². The smallest absolute Gasteiger partial charge is 0.221 e. The number of hydrogen-bond acceptors (Lipinski definition) is 2. The van der Waals surface area contributed by atoms with Crippen LogP contribution in [0.1, 0.15) is 59.3 Å². The number of carbonyl (C=O) groups excluding carboxylic acids is 1. The van der Waals surface area contributed by atoms with Gasteiger partial charge in [-0.05, 0) is 38.0 Å². The minimum absolute atomic E-state index is 0. The van der Waals surface area contributed by atoms with Gasteiger partial charge in [0.1, 0.15) is 0 Å². The number of carbonyl (C=O) groups is 1. The van der Waals surface area contributed by atoms with E-state index in [1.165, 1.54) is 25.7 Å². The Bertz CT molecular complexity index is 381. The van der Waals surface area contributed by atoms with Gasteiger partial charge in [0.25, 0.3) is 0 Å². The Labute approximate surface area is 165 Å². The molecule has 0 aliphatic heterocycles. The van der Waals surface area contributed by atoms with Crippen LogP contribution in [0.4, 0.5) is 0 Å². The van der Waals surface area contributed by atoms with Crippen molar-refractivity contribution in [2.24, 2.45) is 16.8 Å². The number of nitrogens with one attached hydrogen (secondary N) is 2. The molecule has 1 aliphatic rings. The average molecular weight is 452 g/mol. The number of guanidine groups is 1. The first kappa shape index (κ1) is 23.5. The maximum Gasteiger partial charge on any atom is 0.221 e. The van der Waals surface area contributed by atoms with E-state index in [1.54, 1.807) is 7.05 Å². The molecule has 5 nitrogen and oxygen atoms in total. The van der Waals surface area contributed by atoms with Crippen LogP contribution in [0.25, 0.3) is 0 Å². The highest BCUT2D eigenvalue weighted by Crippen LogP contribution is 2.28. The normalized spacial score (nSPS) is 22.3. The number of hydrogen-bond donors (Lipinski definition) is 2. The minimum Gasteiger partial charge on any atom is -0.356 e. The zero-order valence-corrected chi connectivity index (χ0v) is 18.4. The molecule has 1 rings (SSSR count). The second-order valence-corrected chi connectivity index (χ2v) is 7.11. The van der Waals surface area contributed by atoms with E-state index in [2.05, 4.69) is 41.4 Å². The highest BCUT2D eigenvalue weighted by Gasteiger charge is 2.20. The maximum atomic E-state index is 11.8. The van der Waals surface area contributed by atoms with Gasteiger partial charge < -0.3 is 15.5 Å². The van der Waals surface area contributed by atoms with E-state index < -0.39 is 0 Å². The zero-order valence-electron chi connectivity index (χ0n) is 16.1. The van der Waals surface area contributed by atoms with Crippen molar-refractivity contribution < 1.29 is 4.79 Å². The number of amides is 1. The molecule has 0 aromatic carbocycles. The molecule has 0 aromatic heterocycles. The molecular formula is C18H37IN4O. The summed E-state index contributed by atoms with van der Waals surface area (Å²) in [6.45, 7) is 8.13. The lowest BCUT2D eigenvalue weighted by atomic mass is 9.83. The second-order valence-electron chi connectivity index (χ2n) is 7.11. The van der Waals surface area contributed by atoms with Gasteiger partial charge in [-0.15, -0.1) is 24.0 Å². The van der Waals surface area contributed by atoms with E-state index >= 15 is 0 Å². The van der Waals surface area contributed by atoms with E-state index in [4.69, 9.17) is 0 Å². The number of rotatable bonds is 7. The highest BCUT2D eigenvalue weighted by atomic mass is 127. The Balaban J connectivity index is 0.00000529. The molecule has 1 saturated carbocycles. The predicted molar refractivity (Wildman–Crippen MR) is 113 cm³/mol. The SMILES string of the molecule is CCC(C)NC(=O)CCNC(=NC)N(C)CC1CCC(C)CC1.I. The minimum atomic E-state index is 0. The molecule has 1 atom stereocenters. The van der Waals surface area contributed by atoms with Crippen molar-refractivity contribution in [3.8, 4) is 0 Å². The summed E-state index contributed by atoms with van der Waals surface area (Å²) in [5.74, 6) is 2.65. The van der Waals surface area contributed by atoms with Gasteiger partial charge in [0.05, 0.1) is 0 Å². The maximum absolute atomic E-state index is 11.8. The number of aliphatic imine (C=N–C) groups is 1. The van der Waals surface area contributed by atoms with Crippen molar-refractivity contribution in [1.82, 2.24) is 15.5 Å². The van der Waals surface area contributed by atoms with Gasteiger partial charge in [0.2, 0.25) is 5.91 Å². The molecule has 0 spiro atoms. The molecule has 0 heterocycles. The van der Waals surface area contributed by atoms with Gasteiger partial charge >= 0.3 is 0 Å². The first-order valence-electron chi connectivity index (χ1n) is 9.17. The molecule has 0 radical (unpaired) electrons. The molecule has 0 saturated heterocycles. The molecule has 0 bridgehead atoms. The Morgan fingerprint density at radius 1 is 1.29 bits per heavy atom. The number of nitrogens with zero attached hydrogens (tertiary/aromatic N) is 2. The lowest BCUT2D eigenvalue weighted by Gasteiger charge is -2.31. The lowest BCUT2D eigenvalue weighted by molar-refractivity contribution is -0.121. The summed E-state index contributed by atoms with van der Waals surface area (Å²) in [6, 6.07) is 0.248. The van der Waals surface area contributed by atoms with Gasteiger partial charge in [0.15, 0.2) is 5.96 Å². The van der Waals surface area contributed by atoms with Crippen LogP contribution >= 0.6 is 24.0 Å². The van der Waals surface area contributed by atoms with Crippen LogP contribution in [0.3, 0.4) is 0 Å². The fourth-order valence-corrected chi connectivity index (χ4v) is 3.11. The lowest BCUT2D eigenvalue weighted by Crippen LogP contribution is -2.43. The molecule has 6 heteroatoms. The summed E-state index contributed by atoms with van der Waals surface area (Å²) in [7, 11) is 3.90. The van der Waals surface area contributed by atoms with Crippen LogP contribution in [0, 0.1) is 11.8 Å². The third-order valence-corrected chi connectivity index (χ3v) is 4.90. The van der Waals surface area contributed by atoms with E-state index in [1.807, 2.05) is 6.92 Å². The quantitative estimate of drug-likeness (QED) is 0.354. The van der Waals surface area contributed by atoms with Crippen LogP contribution in [0.15, 0.2) is 4.99 Å². The fraction of sp³-hybridized carbons (Fsp3) is 0.889. The summed E-state index contributed by atoms with van der Waals surface area (Å²) in [4.78, 5) is 18.3. The van der Waals surface area contributed by atoms with Crippen molar-refractivity contribution in [3.63, 3.8) is 0 Å². The van der Waals surface area contributed by atoms with Gasteiger partial charge in [0, 0.05) is 39.6 Å². The van der Waals surface area contributed by atoms with Crippen molar-refractivity contribution in [2.75, 3.05) is 27.2 Å². The van der Waals surface area contributed by atoms with Crippen molar-refractivity contribution in [3.05, 3.63) is 0 Å². The molecule has 1 aliphatic carbocycles. The highest BCUT2D eigenvalue weighted by molar-refractivity contribution is 14.0. The van der Waals surface area contributed by atoms with Crippen LogP contribution in [0.5, 0.6) is 0 Å². The van der Waals surface area contributed by atoms with E-state index in [-0.39, 0.29) is 35.9 Å². The fourth-order valence-electron chi connectivity index (χ4n) is 3.11. The number of halogens is 1. The largest absolute Gasteiger partial charge is 0.356 e. The van der Waals surface area contributed by atoms with Crippen molar-refractivity contribution >= 4 is 35.8 Å². The first-order chi connectivity index (χ1) is 11.0. The standard InChI is InChI=1S/C18H36N4O.HI/c1-6-15(3)21-17(23)11-12-20-18(19-4)22(5)13-16-9-7-14(2)8-10-16;/h14-16H,6-13H2,1-5H3,(H,19,20)(H,21,23);1H. The summed E-state index contributed by atoms with van der Waals surface area (Å²) < 4.78 is 0. The Hall–Kier alpha value is -0.530. The topological polar surface area (TPSA) is 56.7 Å². The van der Waals surface area contributed by atoms with Crippen molar-refractivity contribution in [1.29, 1.82) is 0 Å². The molecule has 142 valence electrons. The summed E-state index contributed by atoms with van der Waals surface area (Å²) >= 11 is 0.